The molecule has 178 valence electrons. The summed E-state index contributed by atoms with van der Waals surface area (Å²) in [5.41, 5.74) is -3.15. The number of nitrogens with one attached hydrogen (secondary N) is 1. The maximum atomic E-state index is 13.6. The molecule has 3 aliphatic rings. The molecule has 33 heavy (non-hydrogen) atoms. The first-order valence-corrected chi connectivity index (χ1v) is 12.8. The molecule has 3 fully saturated rings. The van der Waals surface area contributed by atoms with Crippen LogP contribution < -0.4 is 5.32 Å². The zero-order valence-corrected chi connectivity index (χ0v) is 20.0. The van der Waals surface area contributed by atoms with Crippen LogP contribution in [-0.2, 0) is 13.6 Å². The second-order valence-electron chi connectivity index (χ2n) is 9.07. The predicted molar refractivity (Wildman–Crippen MR) is 115 cm³/mol. The first-order valence-electron chi connectivity index (χ1n) is 10.4. The molecule has 0 bridgehead atoms. The van der Waals surface area contributed by atoms with E-state index in [2.05, 4.69) is 21.2 Å². The second-order valence-corrected chi connectivity index (χ2v) is 12.2. The van der Waals surface area contributed by atoms with Gasteiger partial charge >= 0.3 is 198 Å². The summed E-state index contributed by atoms with van der Waals surface area (Å²) in [6.07, 6.45) is -5.02. The SMILES string of the molecule is Cc1cc(Br)ccc1S(#[O+])(O)C1C[C@@H](C(=O)NC2(C#N)CC2)N(C(=O)C2(C(F)(F)F)CC2)C1. The van der Waals surface area contributed by atoms with Gasteiger partial charge in [0.1, 0.15) is 0 Å². The third kappa shape index (κ3) is 4.13. The Hall–Kier alpha value is -1.81. The average Bonchev–Trinajstić information content (AvgIpc) is 3.63. The van der Waals surface area contributed by atoms with Crippen LogP contribution in [0.3, 0.4) is 0 Å². The summed E-state index contributed by atoms with van der Waals surface area (Å²) in [5, 5.41) is 10.7. The number of halogens is 4. The number of nitrogens with zero attached hydrogens (tertiary/aromatic N) is 2. The van der Waals surface area contributed by atoms with Crippen molar-refractivity contribution in [1.82, 2.24) is 10.2 Å². The molecular formula is C21H22BrF3N3O4S+. The van der Waals surface area contributed by atoms with Crippen molar-refractivity contribution in [3.63, 3.8) is 0 Å². The summed E-state index contributed by atoms with van der Waals surface area (Å²) >= 11 is 3.28. The Labute approximate surface area is 197 Å². The third-order valence-electron chi connectivity index (χ3n) is 6.76. The maximum absolute atomic E-state index is 13.6. The van der Waals surface area contributed by atoms with E-state index in [1.165, 1.54) is 6.07 Å². The first-order chi connectivity index (χ1) is 15.3. The fourth-order valence-electron chi connectivity index (χ4n) is 4.35. The van der Waals surface area contributed by atoms with E-state index >= 15 is 0 Å². The molecule has 1 aromatic carbocycles. The van der Waals surface area contributed by atoms with Crippen molar-refractivity contribution in [1.29, 1.82) is 5.26 Å². The van der Waals surface area contributed by atoms with Crippen LogP contribution in [0.5, 0.6) is 0 Å². The Morgan fingerprint density at radius 1 is 1.33 bits per heavy atom. The number of rotatable bonds is 3. The molecule has 0 aromatic heterocycles. The molecule has 3 atom stereocenters. The van der Waals surface area contributed by atoms with E-state index in [0.29, 0.717) is 22.9 Å². The van der Waals surface area contributed by atoms with Gasteiger partial charge in [-0.1, -0.05) is 0 Å². The van der Waals surface area contributed by atoms with Gasteiger partial charge in [-0.3, -0.25) is 0 Å². The molecule has 2 unspecified atom stereocenters. The van der Waals surface area contributed by atoms with Crippen LogP contribution in [0.4, 0.5) is 13.2 Å². The molecule has 2 amide bonds. The summed E-state index contributed by atoms with van der Waals surface area (Å²) in [6, 6.07) is 5.28. The van der Waals surface area contributed by atoms with Gasteiger partial charge in [-0.15, -0.1) is 0 Å². The van der Waals surface area contributed by atoms with Crippen molar-refractivity contribution >= 4 is 37.8 Å². The van der Waals surface area contributed by atoms with Crippen LogP contribution in [0.1, 0.15) is 37.7 Å². The van der Waals surface area contributed by atoms with Crippen molar-refractivity contribution in [3.05, 3.63) is 28.2 Å². The van der Waals surface area contributed by atoms with E-state index in [9.17, 15) is 36.6 Å². The summed E-state index contributed by atoms with van der Waals surface area (Å²) in [7, 11) is -3.80. The minimum atomic E-state index is -4.78. The average molecular weight is 549 g/mol. The van der Waals surface area contributed by atoms with Gasteiger partial charge in [0.25, 0.3) is 0 Å². The Morgan fingerprint density at radius 2 is 1.97 bits per heavy atom. The molecule has 7 nitrogen and oxygen atoms in total. The Morgan fingerprint density at radius 3 is 2.45 bits per heavy atom. The van der Waals surface area contributed by atoms with Gasteiger partial charge in [0, 0.05) is 0 Å². The van der Waals surface area contributed by atoms with E-state index in [1.807, 2.05) is 6.07 Å². The van der Waals surface area contributed by atoms with Crippen LogP contribution in [0.15, 0.2) is 27.6 Å². The van der Waals surface area contributed by atoms with Gasteiger partial charge in [0.05, 0.1) is 0 Å². The van der Waals surface area contributed by atoms with Gasteiger partial charge < -0.3 is 0 Å². The number of hydrogen-bond acceptors (Lipinski definition) is 4. The molecule has 1 heterocycles. The van der Waals surface area contributed by atoms with Gasteiger partial charge in [-0.2, -0.15) is 0 Å². The summed E-state index contributed by atoms with van der Waals surface area (Å²) in [5.74, 6) is -2.02. The zero-order valence-electron chi connectivity index (χ0n) is 17.6. The van der Waals surface area contributed by atoms with Crippen LogP contribution in [0.2, 0.25) is 0 Å². The number of carbonyl (C=O) groups excluding carboxylic acids is 2. The van der Waals surface area contributed by atoms with Gasteiger partial charge in [0.2, 0.25) is 0 Å². The number of hydrogen-bond donors (Lipinski definition) is 2. The molecule has 12 heteroatoms. The molecule has 0 radical (unpaired) electrons. The monoisotopic (exact) mass is 548 g/mol. The summed E-state index contributed by atoms with van der Waals surface area (Å²) in [6.45, 7) is 1.17. The zero-order chi connectivity index (χ0) is 24.4. The van der Waals surface area contributed by atoms with Crippen LogP contribution in [0, 0.1) is 23.7 Å². The molecule has 2 aliphatic carbocycles. The summed E-state index contributed by atoms with van der Waals surface area (Å²) < 4.78 is 66.1. The minimum absolute atomic E-state index is 0.108. The normalized spacial score (nSPS) is 26.7. The van der Waals surface area contributed by atoms with Crippen molar-refractivity contribution in [2.45, 2.75) is 66.9 Å². The van der Waals surface area contributed by atoms with Crippen molar-refractivity contribution in [3.8, 4) is 6.07 Å². The van der Waals surface area contributed by atoms with Crippen molar-refractivity contribution in [2.75, 3.05) is 6.54 Å². The van der Waals surface area contributed by atoms with Crippen LogP contribution in [-0.4, -0.2) is 50.8 Å². The third-order valence-corrected chi connectivity index (χ3v) is 9.59. The van der Waals surface area contributed by atoms with Crippen LogP contribution in [0.25, 0.3) is 0 Å². The molecule has 1 saturated heterocycles. The molecule has 4 rings (SSSR count). The van der Waals surface area contributed by atoms with E-state index in [0.717, 1.165) is 4.90 Å². The van der Waals surface area contributed by atoms with E-state index in [-0.39, 0.29) is 24.2 Å². The second kappa shape index (κ2) is 7.86. The summed E-state index contributed by atoms with van der Waals surface area (Å²) in [4.78, 5) is 26.9. The quantitative estimate of drug-likeness (QED) is 0.550. The van der Waals surface area contributed by atoms with Crippen molar-refractivity contribution in [2.24, 2.45) is 5.41 Å². The van der Waals surface area contributed by atoms with E-state index in [1.54, 1.807) is 19.1 Å². The van der Waals surface area contributed by atoms with Crippen LogP contribution >= 0.6 is 26.0 Å². The first kappa shape index (κ1) is 24.3. The molecule has 2 saturated carbocycles. The topological polar surface area (TPSA) is 113 Å². The number of aryl methyl sites for hydroxylation is 1. The van der Waals surface area contributed by atoms with Gasteiger partial charge in [0.15, 0.2) is 0 Å². The Kier molecular flexibility index (Phi) is 5.80. The molecule has 1 aromatic rings. The standard InChI is InChI=1S/C21H21BrF3N3O4S/c1-12-8-13(22)2-3-16(12)33(31,32)14-9-15(17(29)27-19(11-26)4-5-19)28(10-14)18(30)20(6-7-20)21(23,24)25/h2-3,8,14-15H,4-7,9-10H2,1H3,(H-,27,29,31)/p+1/t14?,15-/m0/s1. The van der Waals surface area contributed by atoms with E-state index in [4.69, 9.17) is 0 Å². The number of nitriles is 1. The van der Waals surface area contributed by atoms with Crippen molar-refractivity contribution < 1.29 is 31.4 Å². The predicted octanol–water partition coefficient (Wildman–Crippen LogP) is 4.22. The van der Waals surface area contributed by atoms with Gasteiger partial charge in [-0.25, -0.2) is 0 Å². The number of benzene rings is 1. The Bertz CT molecular complexity index is 1180. The Balaban J connectivity index is 1.67. The number of carbonyl (C=O) groups is 2. The molecule has 1 aliphatic heterocycles. The van der Waals surface area contributed by atoms with Gasteiger partial charge in [-0.05, 0) is 0 Å². The number of likely N-dealkylation sites (tertiary alicyclic amines) is 1. The molecule has 2 N–H and O–H groups in total. The number of amides is 2. The number of alkyl halides is 3. The molecular weight excluding hydrogens is 527 g/mol. The fraction of sp³-hybridized carbons (Fsp3) is 0.571. The molecule has 0 spiro atoms. The fourth-order valence-corrected chi connectivity index (χ4v) is 6.77. The van der Waals surface area contributed by atoms with E-state index < -0.39 is 56.8 Å².